The molecule has 1 saturated heterocycles. The Kier molecular flexibility index (Phi) is 5.96. The highest BCUT2D eigenvalue weighted by molar-refractivity contribution is 7.86. The Hall–Kier alpha value is -3.31. The molecule has 2 aromatic heterocycles. The first-order valence-electron chi connectivity index (χ1n) is 9.60. The molecule has 3 heterocycles. The number of fused-ring (bicyclic) bond motifs is 1. The number of aromatic hydroxyl groups is 1. The number of aromatic nitrogens is 2. The van der Waals surface area contributed by atoms with Gasteiger partial charge in [0, 0.05) is 32.2 Å². The quantitative estimate of drug-likeness (QED) is 0.402. The molecule has 3 N–H and O–H groups in total. The minimum absolute atomic E-state index is 0.0688. The predicted molar refractivity (Wildman–Crippen MR) is 113 cm³/mol. The standard InChI is InChI=1S/C20H20FN5O4S/c21-14-5-3-13(4-6-14)12-23-20(28)16-18(27)17-15(2-1-9-25(17)29)19(24-16)26-10-7-22-8-11-31(26)30/h1-6,9,22,27H,7-8,10-12H2,(H,23,28). The number of hydrogen-bond donors (Lipinski definition) is 3. The van der Waals surface area contributed by atoms with E-state index in [1.54, 1.807) is 6.07 Å². The topological polar surface area (TPSA) is 122 Å². The van der Waals surface area contributed by atoms with Crippen molar-refractivity contribution in [1.82, 2.24) is 15.6 Å². The van der Waals surface area contributed by atoms with Crippen LogP contribution in [0.4, 0.5) is 10.2 Å². The average molecular weight is 445 g/mol. The molecule has 0 spiro atoms. The van der Waals surface area contributed by atoms with E-state index in [1.165, 1.54) is 40.8 Å². The highest BCUT2D eigenvalue weighted by atomic mass is 32.2. The Morgan fingerprint density at radius 2 is 2.10 bits per heavy atom. The van der Waals surface area contributed by atoms with Crippen molar-refractivity contribution >= 4 is 33.6 Å². The molecule has 3 aromatic rings. The molecule has 11 heteroatoms. The van der Waals surface area contributed by atoms with E-state index in [4.69, 9.17) is 0 Å². The lowest BCUT2D eigenvalue weighted by Crippen LogP contribution is -2.33. The van der Waals surface area contributed by atoms with Crippen LogP contribution in [0.25, 0.3) is 10.9 Å². The second-order valence-electron chi connectivity index (χ2n) is 6.92. The number of amides is 1. The molecular formula is C20H20FN5O4S. The van der Waals surface area contributed by atoms with E-state index in [-0.39, 0.29) is 23.6 Å². The Morgan fingerprint density at radius 3 is 2.87 bits per heavy atom. The zero-order chi connectivity index (χ0) is 22.0. The van der Waals surface area contributed by atoms with Gasteiger partial charge in [-0.3, -0.25) is 9.10 Å². The number of halogens is 1. The van der Waals surface area contributed by atoms with E-state index in [0.29, 0.717) is 41.1 Å². The SMILES string of the molecule is O=C(NCc1ccc(F)cc1)c1nc(N2CCNCCS2=O)c2ccc[n+]([O-])c2c1O. The summed E-state index contributed by atoms with van der Waals surface area (Å²) in [6.45, 7) is 1.53. The maximum absolute atomic E-state index is 13.1. The lowest BCUT2D eigenvalue weighted by atomic mass is 10.1. The summed E-state index contributed by atoms with van der Waals surface area (Å²) in [5.41, 5.74) is 0.164. The van der Waals surface area contributed by atoms with Gasteiger partial charge in [-0.25, -0.2) is 13.6 Å². The molecule has 31 heavy (non-hydrogen) atoms. The Labute approximate surface area is 179 Å². The summed E-state index contributed by atoms with van der Waals surface area (Å²) >= 11 is 0. The highest BCUT2D eigenvalue weighted by Crippen LogP contribution is 2.32. The molecule has 0 saturated carbocycles. The van der Waals surface area contributed by atoms with Crippen molar-refractivity contribution in [2.75, 3.05) is 29.7 Å². The second-order valence-corrected chi connectivity index (χ2v) is 8.41. The van der Waals surface area contributed by atoms with E-state index in [2.05, 4.69) is 15.6 Å². The number of anilines is 1. The van der Waals surface area contributed by atoms with E-state index in [9.17, 15) is 23.7 Å². The third-order valence-corrected chi connectivity index (χ3v) is 6.28. The summed E-state index contributed by atoms with van der Waals surface area (Å²) < 4.78 is 27.8. The van der Waals surface area contributed by atoms with Gasteiger partial charge in [-0.15, -0.1) is 0 Å². The van der Waals surface area contributed by atoms with Crippen LogP contribution in [0.5, 0.6) is 5.75 Å². The van der Waals surface area contributed by atoms with Gasteiger partial charge < -0.3 is 20.9 Å². The molecule has 4 rings (SSSR count). The Balaban J connectivity index is 1.75. The van der Waals surface area contributed by atoms with Crippen LogP contribution >= 0.6 is 0 Å². The highest BCUT2D eigenvalue weighted by Gasteiger charge is 2.29. The largest absolute Gasteiger partial charge is 0.618 e. The first-order valence-corrected chi connectivity index (χ1v) is 10.9. The molecule has 1 fully saturated rings. The molecule has 162 valence electrons. The molecule has 0 aliphatic carbocycles. The summed E-state index contributed by atoms with van der Waals surface area (Å²) in [5, 5.41) is 29.1. The zero-order valence-electron chi connectivity index (χ0n) is 16.4. The van der Waals surface area contributed by atoms with Gasteiger partial charge in [0.05, 0.1) is 11.1 Å². The van der Waals surface area contributed by atoms with Crippen molar-refractivity contribution in [3.63, 3.8) is 0 Å². The molecular weight excluding hydrogens is 425 g/mol. The number of nitrogens with zero attached hydrogens (tertiary/aromatic N) is 3. The summed E-state index contributed by atoms with van der Waals surface area (Å²) in [6.07, 6.45) is 1.20. The number of carbonyl (C=O) groups is 1. The van der Waals surface area contributed by atoms with Crippen LogP contribution in [-0.2, 0) is 17.5 Å². The zero-order valence-corrected chi connectivity index (χ0v) is 17.2. The Bertz CT molecular complexity index is 1160. The molecule has 1 aliphatic heterocycles. The van der Waals surface area contributed by atoms with Gasteiger partial charge in [0.1, 0.15) is 16.8 Å². The number of pyridine rings is 2. The second kappa shape index (κ2) is 8.82. The van der Waals surface area contributed by atoms with E-state index in [0.717, 1.165) is 0 Å². The monoisotopic (exact) mass is 445 g/mol. The molecule has 1 atom stereocenters. The van der Waals surface area contributed by atoms with Crippen molar-refractivity contribution < 1.29 is 23.2 Å². The van der Waals surface area contributed by atoms with E-state index < -0.39 is 28.5 Å². The number of rotatable bonds is 4. The van der Waals surface area contributed by atoms with Gasteiger partial charge in [0.15, 0.2) is 17.7 Å². The molecule has 1 unspecified atom stereocenters. The fourth-order valence-electron chi connectivity index (χ4n) is 3.33. The van der Waals surface area contributed by atoms with Crippen molar-refractivity contribution in [1.29, 1.82) is 0 Å². The third kappa shape index (κ3) is 4.28. The fraction of sp³-hybridized carbons (Fsp3) is 0.250. The van der Waals surface area contributed by atoms with Crippen LogP contribution in [0.1, 0.15) is 16.1 Å². The normalized spacial score (nSPS) is 16.8. The number of hydrogen-bond acceptors (Lipinski definition) is 6. The maximum Gasteiger partial charge on any atom is 0.274 e. The number of carbonyl (C=O) groups excluding carboxylic acids is 1. The van der Waals surface area contributed by atoms with Gasteiger partial charge in [0.2, 0.25) is 5.75 Å². The van der Waals surface area contributed by atoms with Crippen molar-refractivity contribution in [3.8, 4) is 5.75 Å². The maximum atomic E-state index is 13.1. The minimum Gasteiger partial charge on any atom is -0.618 e. The van der Waals surface area contributed by atoms with Gasteiger partial charge >= 0.3 is 0 Å². The Morgan fingerprint density at radius 1 is 1.32 bits per heavy atom. The van der Waals surface area contributed by atoms with Crippen LogP contribution in [0, 0.1) is 11.0 Å². The average Bonchev–Trinajstić information content (AvgIpc) is 2.98. The summed E-state index contributed by atoms with van der Waals surface area (Å²) in [4.78, 5) is 17.1. The van der Waals surface area contributed by atoms with Crippen LogP contribution in [0.2, 0.25) is 0 Å². The minimum atomic E-state index is -1.42. The van der Waals surface area contributed by atoms with Gasteiger partial charge in [-0.2, -0.15) is 4.73 Å². The van der Waals surface area contributed by atoms with E-state index in [1.807, 2.05) is 0 Å². The summed E-state index contributed by atoms with van der Waals surface area (Å²) in [6, 6.07) is 8.67. The van der Waals surface area contributed by atoms with Gasteiger partial charge in [-0.1, -0.05) is 12.1 Å². The smallest absolute Gasteiger partial charge is 0.274 e. The first kappa shape index (κ1) is 20.9. The van der Waals surface area contributed by atoms with Crippen LogP contribution in [0.3, 0.4) is 0 Å². The number of benzene rings is 1. The fourth-order valence-corrected chi connectivity index (χ4v) is 4.50. The lowest BCUT2D eigenvalue weighted by Gasteiger charge is -2.22. The summed E-state index contributed by atoms with van der Waals surface area (Å²) in [7, 11) is -1.42. The molecule has 1 aromatic carbocycles. The first-order chi connectivity index (χ1) is 15.0. The van der Waals surface area contributed by atoms with Crippen molar-refractivity contribution in [3.05, 3.63) is 64.9 Å². The lowest BCUT2D eigenvalue weighted by molar-refractivity contribution is -0.577. The van der Waals surface area contributed by atoms with Gasteiger partial charge in [-0.05, 0) is 23.8 Å². The molecule has 9 nitrogen and oxygen atoms in total. The molecule has 1 aliphatic rings. The molecule has 0 radical (unpaired) electrons. The van der Waals surface area contributed by atoms with E-state index >= 15 is 0 Å². The van der Waals surface area contributed by atoms with Crippen molar-refractivity contribution in [2.45, 2.75) is 6.54 Å². The molecule has 1 amide bonds. The van der Waals surface area contributed by atoms with Crippen LogP contribution in [-0.4, -0.2) is 45.6 Å². The summed E-state index contributed by atoms with van der Waals surface area (Å²) in [5.74, 6) is -1.14. The van der Waals surface area contributed by atoms with Crippen LogP contribution < -0.4 is 19.7 Å². The van der Waals surface area contributed by atoms with Gasteiger partial charge in [0.25, 0.3) is 11.4 Å². The third-order valence-electron chi connectivity index (χ3n) is 4.88. The van der Waals surface area contributed by atoms with Crippen LogP contribution in [0.15, 0.2) is 42.6 Å². The van der Waals surface area contributed by atoms with Crippen molar-refractivity contribution in [2.24, 2.45) is 0 Å². The predicted octanol–water partition coefficient (Wildman–Crippen LogP) is 0.716. The molecule has 0 bridgehead atoms. The number of nitrogens with one attached hydrogen (secondary N) is 2.